The first-order valence-corrected chi connectivity index (χ1v) is 12.6. The van der Waals surface area contributed by atoms with Gasteiger partial charge in [0.05, 0.1) is 27.5 Å². The molecule has 4 rings (SSSR count). The average Bonchev–Trinajstić information content (AvgIpc) is 3.32. The van der Waals surface area contributed by atoms with Crippen molar-refractivity contribution in [1.82, 2.24) is 9.80 Å². The highest BCUT2D eigenvalue weighted by Gasteiger charge is 2.60. The van der Waals surface area contributed by atoms with Gasteiger partial charge in [0, 0.05) is 28.3 Å². The number of aliphatic hydroxyl groups is 1. The second kappa shape index (κ2) is 9.79. The van der Waals surface area contributed by atoms with Crippen LogP contribution in [0.2, 0.25) is 0 Å². The molecule has 1 aromatic carbocycles. The van der Waals surface area contributed by atoms with E-state index in [-0.39, 0.29) is 41.8 Å². The molecule has 1 unspecified atom stereocenters. The number of nitrogens with zero attached hydrogens (tertiary/aromatic N) is 2. The summed E-state index contributed by atoms with van der Waals surface area (Å²) >= 11 is 1.27. The third-order valence-corrected chi connectivity index (χ3v) is 8.50. The molecule has 10 nitrogen and oxygen atoms in total. The van der Waals surface area contributed by atoms with Crippen LogP contribution in [0, 0.1) is 18.8 Å². The highest BCUT2D eigenvalue weighted by atomic mass is 32.2. The Balaban J connectivity index is 1.55. The van der Waals surface area contributed by atoms with E-state index in [4.69, 9.17) is 4.52 Å². The highest BCUT2D eigenvalue weighted by Crippen LogP contribution is 2.52. The standard InChI is InChI=1S/C23H28N3O7PS/c1-10-5-4-6-13(7-10)24-20(28)15-8-14(9-25(15)23(31)32)35-19-11(2)17-16(12(3)27)21(29)26(17)18(19)22(30)33-34/h4-7,11-12,14-17,27H,8-9,34H2,1-3H3,(H,24,28)(H,31,32)/p-1/t11-,12-,14+,15+,16-,17-/m1/s1. The first-order chi connectivity index (χ1) is 16.5. The maximum Gasteiger partial charge on any atom is 0.358 e. The Morgan fingerprint density at radius 2 is 2.06 bits per heavy atom. The summed E-state index contributed by atoms with van der Waals surface area (Å²) in [6.45, 7) is 5.31. The largest absolute Gasteiger partial charge is 0.530 e. The van der Waals surface area contributed by atoms with Crippen molar-refractivity contribution in [3.63, 3.8) is 0 Å². The molecule has 12 heteroatoms. The summed E-state index contributed by atoms with van der Waals surface area (Å²) in [5.74, 6) is -2.42. The highest BCUT2D eigenvalue weighted by molar-refractivity contribution is 8.03. The van der Waals surface area contributed by atoms with Gasteiger partial charge in [-0.2, -0.15) is 0 Å². The van der Waals surface area contributed by atoms with Crippen molar-refractivity contribution in [1.29, 1.82) is 0 Å². The number of hydrogen-bond donors (Lipinski definition) is 2. The molecule has 0 saturated carbocycles. The van der Waals surface area contributed by atoms with Crippen LogP contribution in [-0.4, -0.2) is 68.8 Å². The number of thioether (sulfide) groups is 1. The number of carbonyl (C=O) groups is 4. The van der Waals surface area contributed by atoms with Gasteiger partial charge in [-0.25, -0.2) is 4.79 Å². The van der Waals surface area contributed by atoms with E-state index in [0.717, 1.165) is 10.5 Å². The van der Waals surface area contributed by atoms with E-state index in [0.29, 0.717) is 10.6 Å². The molecule has 3 heterocycles. The van der Waals surface area contributed by atoms with Crippen molar-refractivity contribution in [2.75, 3.05) is 11.9 Å². The minimum Gasteiger partial charge on any atom is -0.530 e. The number of β-lactam (4-membered cyclic amide) rings is 1. The molecule has 2 saturated heterocycles. The van der Waals surface area contributed by atoms with Crippen LogP contribution in [0.1, 0.15) is 25.8 Å². The Morgan fingerprint density at radius 1 is 1.34 bits per heavy atom. The van der Waals surface area contributed by atoms with E-state index < -0.39 is 36.0 Å². The van der Waals surface area contributed by atoms with Gasteiger partial charge in [0.2, 0.25) is 11.8 Å². The van der Waals surface area contributed by atoms with Crippen molar-refractivity contribution in [3.05, 3.63) is 40.4 Å². The molecule has 7 atom stereocenters. The van der Waals surface area contributed by atoms with E-state index in [9.17, 15) is 29.4 Å². The summed E-state index contributed by atoms with van der Waals surface area (Å²) in [5, 5.41) is 24.3. The van der Waals surface area contributed by atoms with Crippen molar-refractivity contribution >= 4 is 50.8 Å². The fraction of sp³-hybridized carbons (Fsp3) is 0.478. The minimum absolute atomic E-state index is 0.0246. The number of likely N-dealkylation sites (tertiary alicyclic amines) is 1. The maximum atomic E-state index is 13.0. The van der Waals surface area contributed by atoms with Gasteiger partial charge in [-0.15, -0.1) is 11.8 Å². The third-order valence-electron chi connectivity index (χ3n) is 6.79. The summed E-state index contributed by atoms with van der Waals surface area (Å²) in [6, 6.07) is 5.84. The minimum atomic E-state index is -1.45. The van der Waals surface area contributed by atoms with Crippen molar-refractivity contribution in [2.45, 2.75) is 50.6 Å². The lowest BCUT2D eigenvalue weighted by atomic mass is 9.79. The van der Waals surface area contributed by atoms with Crippen molar-refractivity contribution in [3.8, 4) is 0 Å². The lowest BCUT2D eigenvalue weighted by Crippen LogP contribution is -2.63. The SMILES string of the molecule is Cc1cccc(NC(=O)[C@@H]2C[C@H](SC3=C(C(=O)OP)N4C(=O)[C@H]([C@@H](C)O)[C@H]4[C@H]3C)CN2C(=O)[O-])c1. The van der Waals surface area contributed by atoms with Gasteiger partial charge in [-0.3, -0.25) is 9.59 Å². The number of rotatable bonds is 6. The summed E-state index contributed by atoms with van der Waals surface area (Å²) in [5.41, 5.74) is 1.62. The number of nitrogens with one attached hydrogen (secondary N) is 1. The fourth-order valence-corrected chi connectivity index (χ4v) is 6.82. The van der Waals surface area contributed by atoms with Crippen LogP contribution < -0.4 is 10.4 Å². The molecular weight excluding hydrogens is 493 g/mol. The van der Waals surface area contributed by atoms with E-state index in [1.807, 2.05) is 29.4 Å². The van der Waals surface area contributed by atoms with Crippen LogP contribution in [0.15, 0.2) is 34.9 Å². The Labute approximate surface area is 209 Å². The van der Waals surface area contributed by atoms with Crippen molar-refractivity contribution in [2.24, 2.45) is 11.8 Å². The zero-order chi connectivity index (χ0) is 25.6. The van der Waals surface area contributed by atoms with Gasteiger partial charge in [0.15, 0.2) is 0 Å². The maximum absolute atomic E-state index is 13.0. The van der Waals surface area contributed by atoms with E-state index in [1.54, 1.807) is 18.2 Å². The molecule has 0 aromatic heterocycles. The van der Waals surface area contributed by atoms with Gasteiger partial charge in [-0.1, -0.05) is 19.1 Å². The molecule has 2 N–H and O–H groups in total. The molecule has 1 aromatic rings. The zero-order valence-electron chi connectivity index (χ0n) is 19.5. The zero-order valence-corrected chi connectivity index (χ0v) is 21.4. The second-order valence-corrected chi connectivity index (χ2v) is 10.7. The second-order valence-electron chi connectivity index (χ2n) is 9.14. The number of aryl methyl sites for hydroxylation is 1. The van der Waals surface area contributed by atoms with Gasteiger partial charge in [-0.05, 0) is 38.0 Å². The molecule has 188 valence electrons. The summed E-state index contributed by atoms with van der Waals surface area (Å²) < 4.78 is 4.84. The van der Waals surface area contributed by atoms with E-state index in [2.05, 4.69) is 5.32 Å². The number of hydrogen-bond acceptors (Lipinski definition) is 8. The number of carboxylic acid groups (broad SMARTS) is 1. The number of carbonyl (C=O) groups excluding carboxylic acids is 4. The van der Waals surface area contributed by atoms with Crippen LogP contribution in [0.25, 0.3) is 0 Å². The Bertz CT molecular complexity index is 1110. The number of fused-ring (bicyclic) bond motifs is 1. The van der Waals surface area contributed by atoms with E-state index >= 15 is 0 Å². The number of aliphatic hydroxyl groups excluding tert-OH is 1. The Kier molecular flexibility index (Phi) is 7.13. The summed E-state index contributed by atoms with van der Waals surface area (Å²) in [7, 11) is 1.88. The summed E-state index contributed by atoms with van der Waals surface area (Å²) in [4.78, 5) is 53.0. The average molecular weight is 521 g/mol. The lowest BCUT2D eigenvalue weighted by molar-refractivity contribution is -0.266. The van der Waals surface area contributed by atoms with Crippen LogP contribution in [0.4, 0.5) is 10.5 Å². The molecule has 0 radical (unpaired) electrons. The van der Waals surface area contributed by atoms with Crippen LogP contribution in [0.3, 0.4) is 0 Å². The predicted octanol–water partition coefficient (Wildman–Crippen LogP) is 0.855. The number of amides is 3. The number of anilines is 1. The molecule has 35 heavy (non-hydrogen) atoms. The smallest absolute Gasteiger partial charge is 0.358 e. The molecule has 3 aliphatic heterocycles. The van der Waals surface area contributed by atoms with Crippen LogP contribution >= 0.6 is 21.2 Å². The third kappa shape index (κ3) is 4.52. The Hall–Kier alpha value is -2.62. The van der Waals surface area contributed by atoms with Gasteiger partial charge in [0.1, 0.15) is 17.8 Å². The monoisotopic (exact) mass is 520 g/mol. The van der Waals surface area contributed by atoms with Gasteiger partial charge < -0.3 is 34.6 Å². The first-order valence-electron chi connectivity index (χ1n) is 11.2. The van der Waals surface area contributed by atoms with Crippen LogP contribution in [-0.2, 0) is 18.9 Å². The molecule has 0 bridgehead atoms. The molecular formula is C23H27N3O7PS-. The lowest BCUT2D eigenvalue weighted by Gasteiger charge is -2.46. The number of benzene rings is 1. The summed E-state index contributed by atoms with van der Waals surface area (Å²) in [6.07, 6.45) is -2.13. The van der Waals surface area contributed by atoms with Gasteiger partial charge in [0.25, 0.3) is 0 Å². The molecule has 0 aliphatic carbocycles. The predicted molar refractivity (Wildman–Crippen MR) is 129 cm³/mol. The molecule has 0 spiro atoms. The fourth-order valence-electron chi connectivity index (χ4n) is 5.19. The molecule has 3 aliphatic rings. The van der Waals surface area contributed by atoms with Crippen LogP contribution in [0.5, 0.6) is 0 Å². The van der Waals surface area contributed by atoms with Gasteiger partial charge >= 0.3 is 5.97 Å². The van der Waals surface area contributed by atoms with E-state index in [1.165, 1.54) is 23.6 Å². The van der Waals surface area contributed by atoms with Crippen molar-refractivity contribution < 1.29 is 33.9 Å². The molecule has 3 amide bonds. The first kappa shape index (κ1) is 25.5. The topological polar surface area (TPSA) is 139 Å². The quantitative estimate of drug-likeness (QED) is 0.416. The molecule has 2 fully saturated rings. The normalized spacial score (nSPS) is 28.5. The Morgan fingerprint density at radius 3 is 2.66 bits per heavy atom.